The Labute approximate surface area is 194 Å². The summed E-state index contributed by atoms with van der Waals surface area (Å²) in [4.78, 5) is 29.6. The summed E-state index contributed by atoms with van der Waals surface area (Å²) in [5.74, 6) is 0.423. The predicted molar refractivity (Wildman–Crippen MR) is 131 cm³/mol. The van der Waals surface area contributed by atoms with Crippen molar-refractivity contribution in [3.8, 4) is 5.75 Å². The molecular formula is C27H29N3O3. The van der Waals surface area contributed by atoms with E-state index >= 15 is 0 Å². The van der Waals surface area contributed by atoms with Crippen LogP contribution in [0.25, 0.3) is 0 Å². The van der Waals surface area contributed by atoms with Crippen molar-refractivity contribution < 1.29 is 14.3 Å². The molecule has 1 saturated heterocycles. The lowest BCUT2D eigenvalue weighted by atomic mass is 10.1. The number of anilines is 2. The van der Waals surface area contributed by atoms with Crippen LogP contribution < -0.4 is 15.0 Å². The Morgan fingerprint density at radius 2 is 1.55 bits per heavy atom. The molecule has 0 atom stereocenters. The maximum absolute atomic E-state index is 12.8. The molecule has 2 amide bonds. The molecular weight excluding hydrogens is 414 g/mol. The van der Waals surface area contributed by atoms with E-state index in [-0.39, 0.29) is 11.8 Å². The van der Waals surface area contributed by atoms with Gasteiger partial charge in [-0.3, -0.25) is 9.59 Å². The largest absolute Gasteiger partial charge is 0.496 e. The number of rotatable bonds is 6. The van der Waals surface area contributed by atoms with E-state index in [1.807, 2.05) is 65.6 Å². The highest BCUT2D eigenvalue weighted by atomic mass is 16.5. The zero-order valence-corrected chi connectivity index (χ0v) is 19.1. The Bertz CT molecular complexity index is 1100. The number of para-hydroxylation sites is 1. The van der Waals surface area contributed by atoms with Gasteiger partial charge in [0.15, 0.2) is 0 Å². The van der Waals surface area contributed by atoms with Crippen molar-refractivity contribution in [2.45, 2.75) is 13.3 Å². The van der Waals surface area contributed by atoms with Crippen molar-refractivity contribution >= 4 is 23.2 Å². The third-order valence-electron chi connectivity index (χ3n) is 6.02. The summed E-state index contributed by atoms with van der Waals surface area (Å²) in [6.07, 6.45) is 0.968. The Kier molecular flexibility index (Phi) is 6.93. The van der Waals surface area contributed by atoms with Gasteiger partial charge in [-0.25, -0.2) is 0 Å². The van der Waals surface area contributed by atoms with Crippen LogP contribution in [-0.4, -0.2) is 50.0 Å². The van der Waals surface area contributed by atoms with E-state index in [4.69, 9.17) is 4.74 Å². The van der Waals surface area contributed by atoms with E-state index in [0.717, 1.165) is 36.4 Å². The lowest BCUT2D eigenvalue weighted by Gasteiger charge is -2.36. The number of hydrogen-bond donors (Lipinski definition) is 1. The number of amides is 2. The first-order valence-electron chi connectivity index (χ1n) is 11.3. The Hall–Kier alpha value is -3.80. The second-order valence-corrected chi connectivity index (χ2v) is 8.03. The molecule has 0 aromatic heterocycles. The fourth-order valence-corrected chi connectivity index (χ4v) is 4.02. The molecule has 0 aliphatic carbocycles. The second-order valence-electron chi connectivity index (χ2n) is 8.03. The molecule has 33 heavy (non-hydrogen) atoms. The third kappa shape index (κ3) is 5.17. The lowest BCUT2D eigenvalue weighted by Crippen LogP contribution is -2.48. The average molecular weight is 444 g/mol. The van der Waals surface area contributed by atoms with Gasteiger partial charge < -0.3 is 19.9 Å². The van der Waals surface area contributed by atoms with Gasteiger partial charge in [0.05, 0.1) is 12.7 Å². The Morgan fingerprint density at radius 3 is 2.18 bits per heavy atom. The van der Waals surface area contributed by atoms with Crippen molar-refractivity contribution in [2.24, 2.45) is 0 Å². The molecule has 1 aliphatic rings. The zero-order chi connectivity index (χ0) is 23.2. The van der Waals surface area contributed by atoms with Gasteiger partial charge in [0.1, 0.15) is 5.75 Å². The Morgan fingerprint density at radius 1 is 0.879 bits per heavy atom. The van der Waals surface area contributed by atoms with Crippen molar-refractivity contribution in [3.05, 3.63) is 89.5 Å². The van der Waals surface area contributed by atoms with Gasteiger partial charge in [-0.2, -0.15) is 0 Å². The third-order valence-corrected chi connectivity index (χ3v) is 6.02. The quantitative estimate of drug-likeness (QED) is 0.611. The van der Waals surface area contributed by atoms with Crippen molar-refractivity contribution in [3.63, 3.8) is 0 Å². The highest BCUT2D eigenvalue weighted by molar-refractivity contribution is 6.06. The van der Waals surface area contributed by atoms with E-state index in [1.165, 1.54) is 5.56 Å². The minimum absolute atomic E-state index is 0.0895. The van der Waals surface area contributed by atoms with Crippen LogP contribution in [0.2, 0.25) is 0 Å². The van der Waals surface area contributed by atoms with Crippen LogP contribution in [0.1, 0.15) is 33.2 Å². The molecule has 0 spiro atoms. The van der Waals surface area contributed by atoms with Gasteiger partial charge >= 0.3 is 0 Å². The molecule has 1 N–H and O–H groups in total. The molecule has 0 saturated carbocycles. The predicted octanol–water partition coefficient (Wildman–Crippen LogP) is 4.47. The van der Waals surface area contributed by atoms with E-state index in [1.54, 1.807) is 19.2 Å². The first-order chi connectivity index (χ1) is 16.1. The SMILES string of the molecule is CCc1ccc(C(=O)N2CCN(c3ccc(NC(=O)c4ccccc4OC)cc3)CC2)cc1. The lowest BCUT2D eigenvalue weighted by molar-refractivity contribution is 0.0746. The van der Waals surface area contributed by atoms with E-state index in [9.17, 15) is 9.59 Å². The second kappa shape index (κ2) is 10.2. The van der Waals surface area contributed by atoms with Crippen LogP contribution >= 0.6 is 0 Å². The van der Waals surface area contributed by atoms with Gasteiger partial charge in [-0.1, -0.05) is 31.2 Å². The summed E-state index contributed by atoms with van der Waals surface area (Å²) in [6.45, 7) is 5.01. The van der Waals surface area contributed by atoms with E-state index in [2.05, 4.69) is 17.1 Å². The Balaban J connectivity index is 1.33. The van der Waals surface area contributed by atoms with E-state index in [0.29, 0.717) is 24.4 Å². The molecule has 1 fully saturated rings. The number of benzene rings is 3. The number of piperazine rings is 1. The highest BCUT2D eigenvalue weighted by Gasteiger charge is 2.22. The van der Waals surface area contributed by atoms with Gasteiger partial charge in [0.2, 0.25) is 0 Å². The van der Waals surface area contributed by atoms with Crippen LogP contribution in [0.4, 0.5) is 11.4 Å². The number of carbonyl (C=O) groups excluding carboxylic acids is 2. The molecule has 1 aliphatic heterocycles. The number of aryl methyl sites for hydroxylation is 1. The maximum Gasteiger partial charge on any atom is 0.259 e. The molecule has 6 heteroatoms. The van der Waals surface area contributed by atoms with Gasteiger partial charge in [0, 0.05) is 43.1 Å². The molecule has 3 aromatic carbocycles. The standard InChI is InChI=1S/C27H29N3O3/c1-3-20-8-10-21(11-9-20)27(32)30-18-16-29(17-19-30)23-14-12-22(13-15-23)28-26(31)24-6-4-5-7-25(24)33-2/h4-15H,3,16-19H2,1-2H3,(H,28,31). The zero-order valence-electron chi connectivity index (χ0n) is 19.1. The summed E-state index contributed by atoms with van der Waals surface area (Å²) in [5.41, 5.74) is 4.27. The van der Waals surface area contributed by atoms with Gasteiger partial charge in [-0.15, -0.1) is 0 Å². The van der Waals surface area contributed by atoms with Crippen LogP contribution in [0.15, 0.2) is 72.8 Å². The fraction of sp³-hybridized carbons (Fsp3) is 0.259. The topological polar surface area (TPSA) is 61.9 Å². The molecule has 6 nitrogen and oxygen atoms in total. The molecule has 170 valence electrons. The highest BCUT2D eigenvalue weighted by Crippen LogP contribution is 2.23. The van der Waals surface area contributed by atoms with Crippen LogP contribution in [0.5, 0.6) is 5.75 Å². The molecule has 0 radical (unpaired) electrons. The number of nitrogens with one attached hydrogen (secondary N) is 1. The normalized spacial score (nSPS) is 13.5. The van der Waals surface area contributed by atoms with Gasteiger partial charge in [0.25, 0.3) is 11.8 Å². The number of methoxy groups -OCH3 is 1. The number of nitrogens with zero attached hydrogens (tertiary/aromatic N) is 2. The van der Waals surface area contributed by atoms with Gasteiger partial charge in [-0.05, 0) is 60.5 Å². The summed E-state index contributed by atoms with van der Waals surface area (Å²) < 4.78 is 5.27. The number of hydrogen-bond acceptors (Lipinski definition) is 4. The molecule has 4 rings (SSSR count). The van der Waals surface area contributed by atoms with Crippen molar-refractivity contribution in [2.75, 3.05) is 43.5 Å². The van der Waals surface area contributed by atoms with Crippen molar-refractivity contribution in [1.82, 2.24) is 4.90 Å². The summed E-state index contributed by atoms with van der Waals surface area (Å²) >= 11 is 0. The summed E-state index contributed by atoms with van der Waals surface area (Å²) in [7, 11) is 1.55. The molecule has 0 unspecified atom stereocenters. The van der Waals surface area contributed by atoms with Crippen LogP contribution in [-0.2, 0) is 6.42 Å². The number of carbonyl (C=O) groups is 2. The average Bonchev–Trinajstić information content (AvgIpc) is 2.89. The first-order valence-corrected chi connectivity index (χ1v) is 11.3. The molecule has 0 bridgehead atoms. The van der Waals surface area contributed by atoms with Crippen LogP contribution in [0, 0.1) is 0 Å². The summed E-state index contributed by atoms with van der Waals surface area (Å²) in [6, 6.07) is 22.8. The molecule has 1 heterocycles. The van der Waals surface area contributed by atoms with Crippen LogP contribution in [0.3, 0.4) is 0 Å². The number of ether oxygens (including phenoxy) is 1. The fourth-order valence-electron chi connectivity index (χ4n) is 4.02. The minimum Gasteiger partial charge on any atom is -0.496 e. The maximum atomic E-state index is 12.8. The smallest absolute Gasteiger partial charge is 0.259 e. The van der Waals surface area contributed by atoms with E-state index < -0.39 is 0 Å². The van der Waals surface area contributed by atoms with Crippen molar-refractivity contribution in [1.29, 1.82) is 0 Å². The minimum atomic E-state index is -0.209. The summed E-state index contributed by atoms with van der Waals surface area (Å²) in [5, 5.41) is 2.92. The monoisotopic (exact) mass is 443 g/mol. The first kappa shape index (κ1) is 22.4. The molecule has 3 aromatic rings.